The molecule has 2 aromatic carbocycles. The minimum absolute atomic E-state index is 0.0334. The largest absolute Gasteiger partial charge is 0.497 e. The van der Waals surface area contributed by atoms with Gasteiger partial charge in [-0.05, 0) is 42.0 Å². The SMILES string of the molecule is COc1ccc(Cl)c(S(=O)(=O)c2ccc(CNC(=O)c3cc4ccncc4o3)cc2)c1. The predicted octanol–water partition coefficient (Wildman–Crippen LogP) is 4.25. The van der Waals surface area contributed by atoms with Crippen LogP contribution < -0.4 is 10.1 Å². The minimum Gasteiger partial charge on any atom is -0.497 e. The molecule has 0 radical (unpaired) electrons. The third-order valence-corrected chi connectivity index (χ3v) is 6.91. The lowest BCUT2D eigenvalue weighted by Gasteiger charge is -2.10. The fourth-order valence-corrected chi connectivity index (χ4v) is 4.76. The van der Waals surface area contributed by atoms with Gasteiger partial charge >= 0.3 is 0 Å². The van der Waals surface area contributed by atoms with Crippen molar-refractivity contribution in [1.82, 2.24) is 10.3 Å². The fourth-order valence-electron chi connectivity index (χ4n) is 3.00. The van der Waals surface area contributed by atoms with E-state index in [1.54, 1.807) is 42.7 Å². The van der Waals surface area contributed by atoms with Gasteiger partial charge in [0.25, 0.3) is 5.91 Å². The summed E-state index contributed by atoms with van der Waals surface area (Å²) in [6.45, 7) is 0.203. The number of hydrogen-bond acceptors (Lipinski definition) is 6. The first-order valence-corrected chi connectivity index (χ1v) is 11.0. The second-order valence-corrected chi connectivity index (χ2v) is 8.98. The first kappa shape index (κ1) is 20.9. The number of nitrogens with one attached hydrogen (secondary N) is 1. The summed E-state index contributed by atoms with van der Waals surface area (Å²) in [5, 5.41) is 3.64. The zero-order valence-corrected chi connectivity index (χ0v) is 17.9. The molecule has 0 fully saturated rings. The number of pyridine rings is 1. The topological polar surface area (TPSA) is 98.5 Å². The van der Waals surface area contributed by atoms with Crippen LogP contribution in [0.25, 0.3) is 11.0 Å². The quantitative estimate of drug-likeness (QED) is 0.465. The molecule has 7 nitrogen and oxygen atoms in total. The first-order chi connectivity index (χ1) is 14.9. The van der Waals surface area contributed by atoms with Gasteiger partial charge in [0.05, 0.1) is 28.1 Å². The van der Waals surface area contributed by atoms with Gasteiger partial charge in [0.1, 0.15) is 5.75 Å². The van der Waals surface area contributed by atoms with Crippen LogP contribution in [0.15, 0.2) is 81.2 Å². The molecule has 1 amide bonds. The molecule has 0 saturated heterocycles. The average molecular weight is 457 g/mol. The molecule has 0 saturated carbocycles. The van der Waals surface area contributed by atoms with E-state index in [0.717, 1.165) is 10.9 Å². The third kappa shape index (κ3) is 4.26. The number of furan rings is 1. The van der Waals surface area contributed by atoms with Gasteiger partial charge in [-0.3, -0.25) is 9.78 Å². The molecule has 0 spiro atoms. The monoisotopic (exact) mass is 456 g/mol. The van der Waals surface area contributed by atoms with E-state index >= 15 is 0 Å². The molecule has 2 aromatic heterocycles. The number of benzene rings is 2. The molecule has 0 atom stereocenters. The molecule has 0 aliphatic rings. The number of methoxy groups -OCH3 is 1. The van der Waals surface area contributed by atoms with E-state index < -0.39 is 9.84 Å². The summed E-state index contributed by atoms with van der Waals surface area (Å²) < 4.78 is 36.5. The summed E-state index contributed by atoms with van der Waals surface area (Å²) in [7, 11) is -2.38. The number of nitrogens with zero attached hydrogens (tertiary/aromatic N) is 1. The number of ether oxygens (including phenoxy) is 1. The predicted molar refractivity (Wildman–Crippen MR) is 115 cm³/mol. The zero-order valence-electron chi connectivity index (χ0n) is 16.3. The number of fused-ring (bicyclic) bond motifs is 1. The van der Waals surface area contributed by atoms with Crippen molar-refractivity contribution in [2.24, 2.45) is 0 Å². The molecule has 0 bridgehead atoms. The molecule has 2 heterocycles. The molecular formula is C22H17ClN2O5S. The molecule has 0 aliphatic carbocycles. The molecule has 1 N–H and O–H groups in total. The summed E-state index contributed by atoms with van der Waals surface area (Å²) in [6, 6.07) is 14.0. The van der Waals surface area contributed by atoms with E-state index in [1.807, 2.05) is 0 Å². The second-order valence-electron chi connectivity index (χ2n) is 6.65. The van der Waals surface area contributed by atoms with Gasteiger partial charge in [-0.25, -0.2) is 8.42 Å². The van der Waals surface area contributed by atoms with Crippen LogP contribution in [0, 0.1) is 0 Å². The van der Waals surface area contributed by atoms with Crippen molar-refractivity contribution < 1.29 is 22.4 Å². The van der Waals surface area contributed by atoms with E-state index in [9.17, 15) is 13.2 Å². The van der Waals surface area contributed by atoms with E-state index in [2.05, 4.69) is 10.3 Å². The van der Waals surface area contributed by atoms with Crippen LogP contribution in [0.5, 0.6) is 5.75 Å². The van der Waals surface area contributed by atoms with E-state index in [1.165, 1.54) is 31.4 Å². The highest BCUT2D eigenvalue weighted by atomic mass is 35.5. The Hall–Kier alpha value is -3.36. The summed E-state index contributed by atoms with van der Waals surface area (Å²) in [5.41, 5.74) is 1.25. The number of aromatic nitrogens is 1. The van der Waals surface area contributed by atoms with Crippen molar-refractivity contribution in [3.8, 4) is 5.75 Å². The van der Waals surface area contributed by atoms with Crippen molar-refractivity contribution in [2.75, 3.05) is 7.11 Å². The Kier molecular flexibility index (Phi) is 5.67. The van der Waals surface area contributed by atoms with Crippen LogP contribution in [-0.4, -0.2) is 26.4 Å². The Balaban J connectivity index is 1.48. The Morgan fingerprint density at radius 3 is 2.61 bits per heavy atom. The number of hydrogen-bond donors (Lipinski definition) is 1. The van der Waals surface area contributed by atoms with Crippen molar-refractivity contribution in [3.05, 3.63) is 83.3 Å². The van der Waals surface area contributed by atoms with Crippen molar-refractivity contribution in [2.45, 2.75) is 16.3 Å². The normalized spacial score (nSPS) is 11.4. The standard InChI is InChI=1S/C22H17ClN2O5S/c1-29-16-4-7-18(23)21(11-16)31(27,28)17-5-2-14(3-6-17)12-25-22(26)19-10-15-8-9-24-13-20(15)30-19/h2-11,13H,12H2,1H3,(H,25,26). The zero-order chi connectivity index (χ0) is 22.0. The number of rotatable bonds is 6. The van der Waals surface area contributed by atoms with Gasteiger partial charge in [-0.15, -0.1) is 0 Å². The number of amides is 1. The van der Waals surface area contributed by atoms with Crippen LogP contribution >= 0.6 is 11.6 Å². The van der Waals surface area contributed by atoms with Gasteiger partial charge in [0, 0.05) is 24.2 Å². The average Bonchev–Trinajstić information content (AvgIpc) is 3.22. The van der Waals surface area contributed by atoms with Crippen LogP contribution in [0.4, 0.5) is 0 Å². The number of carbonyl (C=O) groups excluding carboxylic acids is 1. The summed E-state index contributed by atoms with van der Waals surface area (Å²) >= 11 is 6.10. The lowest BCUT2D eigenvalue weighted by molar-refractivity contribution is 0.0925. The molecule has 31 heavy (non-hydrogen) atoms. The Morgan fingerprint density at radius 2 is 1.90 bits per heavy atom. The Labute approximate surface area is 183 Å². The van der Waals surface area contributed by atoms with Crippen molar-refractivity contribution >= 4 is 38.3 Å². The van der Waals surface area contributed by atoms with Gasteiger partial charge in [0.2, 0.25) is 9.84 Å². The Bertz CT molecular complexity index is 1330. The van der Waals surface area contributed by atoms with E-state index in [0.29, 0.717) is 11.3 Å². The molecule has 4 rings (SSSR count). The fraction of sp³-hybridized carbons (Fsp3) is 0.0909. The lowest BCUT2D eigenvalue weighted by atomic mass is 10.2. The van der Waals surface area contributed by atoms with E-state index in [-0.39, 0.29) is 33.0 Å². The highest BCUT2D eigenvalue weighted by molar-refractivity contribution is 7.91. The van der Waals surface area contributed by atoms with Gasteiger partial charge in [-0.1, -0.05) is 23.7 Å². The summed E-state index contributed by atoms with van der Waals surface area (Å²) in [5.74, 6) is 0.189. The third-order valence-electron chi connectivity index (χ3n) is 4.66. The maximum absolute atomic E-state index is 12.9. The van der Waals surface area contributed by atoms with Gasteiger partial charge < -0.3 is 14.5 Å². The minimum atomic E-state index is -3.83. The van der Waals surface area contributed by atoms with Gasteiger partial charge in [0.15, 0.2) is 11.3 Å². The summed E-state index contributed by atoms with van der Waals surface area (Å²) in [4.78, 5) is 16.4. The van der Waals surface area contributed by atoms with Crippen LogP contribution in [0.2, 0.25) is 5.02 Å². The number of sulfone groups is 1. The van der Waals surface area contributed by atoms with Crippen molar-refractivity contribution in [3.63, 3.8) is 0 Å². The van der Waals surface area contributed by atoms with Crippen LogP contribution in [0.1, 0.15) is 16.1 Å². The highest BCUT2D eigenvalue weighted by Crippen LogP contribution is 2.31. The molecular weight excluding hydrogens is 440 g/mol. The maximum atomic E-state index is 12.9. The first-order valence-electron chi connectivity index (χ1n) is 9.18. The molecule has 9 heteroatoms. The van der Waals surface area contributed by atoms with Crippen LogP contribution in [0.3, 0.4) is 0 Å². The second kappa shape index (κ2) is 8.41. The van der Waals surface area contributed by atoms with Gasteiger partial charge in [-0.2, -0.15) is 0 Å². The molecule has 4 aromatic rings. The summed E-state index contributed by atoms with van der Waals surface area (Å²) in [6.07, 6.45) is 3.16. The van der Waals surface area contributed by atoms with Crippen LogP contribution in [-0.2, 0) is 16.4 Å². The lowest BCUT2D eigenvalue weighted by Crippen LogP contribution is -2.22. The molecule has 158 valence electrons. The van der Waals surface area contributed by atoms with Crippen molar-refractivity contribution in [1.29, 1.82) is 0 Å². The number of carbonyl (C=O) groups is 1. The highest BCUT2D eigenvalue weighted by Gasteiger charge is 2.22. The van der Waals surface area contributed by atoms with E-state index in [4.69, 9.17) is 20.8 Å². The Morgan fingerprint density at radius 1 is 1.13 bits per heavy atom. The number of halogens is 1. The molecule has 0 unspecified atom stereocenters. The molecule has 0 aliphatic heterocycles. The smallest absolute Gasteiger partial charge is 0.287 e. The maximum Gasteiger partial charge on any atom is 0.287 e.